The van der Waals surface area contributed by atoms with Gasteiger partial charge in [-0.25, -0.2) is 4.98 Å². The molecular formula is C16H23N3. The summed E-state index contributed by atoms with van der Waals surface area (Å²) in [5.74, 6) is 1.12. The zero-order valence-corrected chi connectivity index (χ0v) is 11.9. The first-order valence-corrected chi connectivity index (χ1v) is 7.04. The lowest BCUT2D eigenvalue weighted by atomic mass is 10.2. The second-order valence-corrected chi connectivity index (χ2v) is 4.97. The molecular weight excluding hydrogens is 234 g/mol. The first-order chi connectivity index (χ1) is 9.26. The van der Waals surface area contributed by atoms with Crippen LogP contribution in [-0.4, -0.2) is 15.6 Å². The van der Waals surface area contributed by atoms with Gasteiger partial charge in [-0.1, -0.05) is 25.1 Å². The topological polar surface area (TPSA) is 29.9 Å². The van der Waals surface area contributed by atoms with Gasteiger partial charge >= 0.3 is 0 Å². The molecule has 102 valence electrons. The molecule has 1 N–H and O–H groups in total. The molecule has 0 radical (unpaired) electrons. The molecule has 1 heterocycles. The van der Waals surface area contributed by atoms with Crippen molar-refractivity contribution >= 4 is 11.0 Å². The van der Waals surface area contributed by atoms with Gasteiger partial charge in [-0.2, -0.15) is 0 Å². The van der Waals surface area contributed by atoms with E-state index >= 15 is 0 Å². The maximum atomic E-state index is 4.74. The number of imidazole rings is 1. The van der Waals surface area contributed by atoms with Crippen LogP contribution in [0.5, 0.6) is 0 Å². The van der Waals surface area contributed by atoms with Crippen molar-refractivity contribution < 1.29 is 0 Å². The van der Waals surface area contributed by atoms with Gasteiger partial charge in [0.1, 0.15) is 5.82 Å². The molecule has 2 rings (SSSR count). The summed E-state index contributed by atoms with van der Waals surface area (Å²) < 4.78 is 2.32. The van der Waals surface area contributed by atoms with Crippen LogP contribution < -0.4 is 5.32 Å². The number of nitrogens with one attached hydrogen (secondary N) is 1. The highest BCUT2D eigenvalue weighted by molar-refractivity contribution is 5.75. The Morgan fingerprint density at radius 2 is 2.21 bits per heavy atom. The van der Waals surface area contributed by atoms with Gasteiger partial charge in [0.25, 0.3) is 0 Å². The number of hydrogen-bond acceptors (Lipinski definition) is 2. The summed E-state index contributed by atoms with van der Waals surface area (Å²) in [6, 6.07) is 8.79. The van der Waals surface area contributed by atoms with Crippen molar-refractivity contribution in [2.45, 2.75) is 45.8 Å². The molecule has 0 spiro atoms. The van der Waals surface area contributed by atoms with Crippen molar-refractivity contribution in [2.75, 3.05) is 0 Å². The molecule has 0 aliphatic heterocycles. The number of benzene rings is 1. The molecule has 1 unspecified atom stereocenters. The monoisotopic (exact) mass is 257 g/mol. The third-order valence-electron chi connectivity index (χ3n) is 3.31. The van der Waals surface area contributed by atoms with Crippen LogP contribution in [0.25, 0.3) is 11.0 Å². The van der Waals surface area contributed by atoms with E-state index in [1.165, 1.54) is 5.52 Å². The smallest absolute Gasteiger partial charge is 0.123 e. The van der Waals surface area contributed by atoms with Crippen molar-refractivity contribution in [3.05, 3.63) is 42.7 Å². The molecule has 3 heteroatoms. The van der Waals surface area contributed by atoms with Crippen molar-refractivity contribution in [3.63, 3.8) is 0 Å². The summed E-state index contributed by atoms with van der Waals surface area (Å²) >= 11 is 0. The predicted molar refractivity (Wildman–Crippen MR) is 81.1 cm³/mol. The average Bonchev–Trinajstić information content (AvgIpc) is 2.76. The SMILES string of the molecule is C=CCC(C)NCc1nc2ccccc2n1CCC. The number of rotatable bonds is 7. The van der Waals surface area contributed by atoms with Gasteiger partial charge in [0.15, 0.2) is 0 Å². The van der Waals surface area contributed by atoms with E-state index in [0.717, 1.165) is 37.3 Å². The van der Waals surface area contributed by atoms with E-state index in [1.807, 2.05) is 12.1 Å². The zero-order valence-electron chi connectivity index (χ0n) is 11.9. The van der Waals surface area contributed by atoms with Gasteiger partial charge < -0.3 is 9.88 Å². The van der Waals surface area contributed by atoms with Crippen molar-refractivity contribution in [2.24, 2.45) is 0 Å². The molecule has 0 bridgehead atoms. The standard InChI is InChI=1S/C16H23N3/c1-4-8-13(3)17-12-16-18-14-9-6-7-10-15(14)19(16)11-5-2/h4,6-7,9-10,13,17H,1,5,8,11-12H2,2-3H3. The fourth-order valence-electron chi connectivity index (χ4n) is 2.33. The fraction of sp³-hybridized carbons (Fsp3) is 0.438. The van der Waals surface area contributed by atoms with Crippen LogP contribution in [0.4, 0.5) is 0 Å². The third-order valence-corrected chi connectivity index (χ3v) is 3.31. The zero-order chi connectivity index (χ0) is 13.7. The van der Waals surface area contributed by atoms with Gasteiger partial charge in [0, 0.05) is 12.6 Å². The average molecular weight is 257 g/mol. The molecule has 0 amide bonds. The Labute approximate surface area is 115 Å². The Morgan fingerprint density at radius 1 is 1.42 bits per heavy atom. The van der Waals surface area contributed by atoms with E-state index in [9.17, 15) is 0 Å². The number of fused-ring (bicyclic) bond motifs is 1. The van der Waals surface area contributed by atoms with Crippen molar-refractivity contribution in [1.82, 2.24) is 14.9 Å². The third kappa shape index (κ3) is 3.24. The van der Waals surface area contributed by atoms with Crippen LogP contribution in [0.2, 0.25) is 0 Å². The Balaban J connectivity index is 2.21. The molecule has 1 aromatic carbocycles. The number of hydrogen-bond donors (Lipinski definition) is 1. The van der Waals surface area contributed by atoms with E-state index in [1.54, 1.807) is 0 Å². The number of aryl methyl sites for hydroxylation is 1. The molecule has 0 aliphatic rings. The minimum atomic E-state index is 0.437. The summed E-state index contributed by atoms with van der Waals surface area (Å²) in [4.78, 5) is 4.74. The normalized spacial score (nSPS) is 12.7. The van der Waals surface area contributed by atoms with E-state index in [2.05, 4.69) is 48.5 Å². The fourth-order valence-corrected chi connectivity index (χ4v) is 2.33. The second-order valence-electron chi connectivity index (χ2n) is 4.97. The second kappa shape index (κ2) is 6.53. The Morgan fingerprint density at radius 3 is 2.95 bits per heavy atom. The Kier molecular flexibility index (Phi) is 4.74. The highest BCUT2D eigenvalue weighted by Crippen LogP contribution is 2.16. The molecule has 0 saturated heterocycles. The molecule has 19 heavy (non-hydrogen) atoms. The Bertz CT molecular complexity index is 542. The number of aromatic nitrogens is 2. The maximum Gasteiger partial charge on any atom is 0.123 e. The van der Waals surface area contributed by atoms with Crippen molar-refractivity contribution in [3.8, 4) is 0 Å². The summed E-state index contributed by atoms with van der Waals surface area (Å²) in [7, 11) is 0. The molecule has 3 nitrogen and oxygen atoms in total. The van der Waals surface area contributed by atoms with Crippen molar-refractivity contribution in [1.29, 1.82) is 0 Å². The molecule has 1 atom stereocenters. The van der Waals surface area contributed by atoms with Crippen LogP contribution in [0.1, 0.15) is 32.5 Å². The number of para-hydroxylation sites is 2. The maximum absolute atomic E-state index is 4.74. The van der Waals surface area contributed by atoms with E-state index in [4.69, 9.17) is 4.98 Å². The number of nitrogens with zero attached hydrogens (tertiary/aromatic N) is 2. The van der Waals surface area contributed by atoms with Crippen LogP contribution in [0, 0.1) is 0 Å². The minimum Gasteiger partial charge on any atom is -0.327 e. The molecule has 1 aromatic heterocycles. The largest absolute Gasteiger partial charge is 0.327 e. The van der Waals surface area contributed by atoms with Crippen LogP contribution in [0.3, 0.4) is 0 Å². The minimum absolute atomic E-state index is 0.437. The summed E-state index contributed by atoms with van der Waals surface area (Å²) in [5, 5.41) is 3.51. The lowest BCUT2D eigenvalue weighted by molar-refractivity contribution is 0.522. The van der Waals surface area contributed by atoms with Gasteiger partial charge in [0.05, 0.1) is 17.6 Å². The van der Waals surface area contributed by atoms with Gasteiger partial charge in [-0.3, -0.25) is 0 Å². The molecule has 2 aromatic rings. The predicted octanol–water partition coefficient (Wildman–Crippen LogP) is 3.50. The summed E-state index contributed by atoms with van der Waals surface area (Å²) in [6.45, 7) is 9.98. The lowest BCUT2D eigenvalue weighted by Gasteiger charge is -2.12. The first-order valence-electron chi connectivity index (χ1n) is 7.04. The lowest BCUT2D eigenvalue weighted by Crippen LogP contribution is -2.26. The Hall–Kier alpha value is -1.61. The van der Waals surface area contributed by atoms with E-state index in [-0.39, 0.29) is 0 Å². The highest BCUT2D eigenvalue weighted by atomic mass is 15.1. The first kappa shape index (κ1) is 13.8. The summed E-state index contributed by atoms with van der Waals surface area (Å²) in [6.07, 6.45) is 4.05. The highest BCUT2D eigenvalue weighted by Gasteiger charge is 2.10. The van der Waals surface area contributed by atoms with E-state index in [0.29, 0.717) is 6.04 Å². The van der Waals surface area contributed by atoms with Gasteiger partial charge in [0.2, 0.25) is 0 Å². The molecule has 0 saturated carbocycles. The molecule has 0 aliphatic carbocycles. The van der Waals surface area contributed by atoms with Gasteiger partial charge in [-0.15, -0.1) is 6.58 Å². The van der Waals surface area contributed by atoms with Crippen LogP contribution >= 0.6 is 0 Å². The van der Waals surface area contributed by atoms with Crippen LogP contribution in [-0.2, 0) is 13.1 Å². The quantitative estimate of drug-likeness (QED) is 0.769. The van der Waals surface area contributed by atoms with Gasteiger partial charge in [-0.05, 0) is 31.9 Å². The molecule has 0 fully saturated rings. The summed E-state index contributed by atoms with van der Waals surface area (Å²) in [5.41, 5.74) is 2.32. The van der Waals surface area contributed by atoms with E-state index < -0.39 is 0 Å². The van der Waals surface area contributed by atoms with Crippen LogP contribution in [0.15, 0.2) is 36.9 Å².